The molecule has 0 aliphatic rings. The van der Waals surface area contributed by atoms with Gasteiger partial charge in [-0.05, 0) is 12.5 Å². The van der Waals surface area contributed by atoms with Crippen molar-refractivity contribution in [3.8, 4) is 0 Å². The Kier molecular flexibility index (Phi) is 3.94. The second kappa shape index (κ2) is 5.64. The first-order valence-corrected chi connectivity index (χ1v) is 6.37. The van der Waals surface area contributed by atoms with Crippen LogP contribution in [-0.2, 0) is 5.75 Å². The molecule has 1 aromatic heterocycles. The summed E-state index contributed by atoms with van der Waals surface area (Å²) in [6.07, 6.45) is 2.83. The van der Waals surface area contributed by atoms with Crippen molar-refractivity contribution in [3.05, 3.63) is 53.5 Å². The summed E-state index contributed by atoms with van der Waals surface area (Å²) in [6.45, 7) is 2.04. The maximum Gasteiger partial charge on any atom is 0.356 e. The van der Waals surface area contributed by atoms with Crippen molar-refractivity contribution in [2.75, 3.05) is 0 Å². The lowest BCUT2D eigenvalue weighted by Gasteiger charge is -2.02. The number of carboxylic acids is 1. The van der Waals surface area contributed by atoms with Crippen LogP contribution in [0.1, 0.15) is 21.6 Å². The fourth-order valence-corrected chi connectivity index (χ4v) is 2.27. The molecule has 5 heteroatoms. The van der Waals surface area contributed by atoms with Gasteiger partial charge in [-0.3, -0.25) is 4.98 Å². The maximum atomic E-state index is 10.8. The second-order valence-electron chi connectivity index (χ2n) is 3.83. The van der Waals surface area contributed by atoms with Gasteiger partial charge in [-0.2, -0.15) is 0 Å². The number of rotatable bonds is 4. The number of aryl methyl sites for hydroxylation is 1. The molecule has 1 heterocycles. The largest absolute Gasteiger partial charge is 0.476 e. The number of hydrogen-bond acceptors (Lipinski definition) is 4. The number of hydrogen-bond donors (Lipinski definition) is 1. The minimum Gasteiger partial charge on any atom is -0.476 e. The zero-order valence-electron chi connectivity index (χ0n) is 9.83. The predicted octanol–water partition coefficient (Wildman–Crippen LogP) is 2.78. The first-order chi connectivity index (χ1) is 8.65. The quantitative estimate of drug-likeness (QED) is 0.856. The Morgan fingerprint density at radius 3 is 2.94 bits per heavy atom. The van der Waals surface area contributed by atoms with E-state index in [2.05, 4.69) is 16.0 Å². The van der Waals surface area contributed by atoms with Gasteiger partial charge in [-0.15, -0.1) is 11.8 Å². The molecule has 0 unspecified atom stereocenters. The van der Waals surface area contributed by atoms with E-state index in [1.54, 1.807) is 6.20 Å². The van der Waals surface area contributed by atoms with Gasteiger partial charge in [0.15, 0.2) is 5.69 Å². The lowest BCUT2D eigenvalue weighted by molar-refractivity contribution is 0.0689. The van der Waals surface area contributed by atoms with Gasteiger partial charge in [0.05, 0.1) is 12.4 Å². The topological polar surface area (TPSA) is 63.1 Å². The Balaban J connectivity index is 2.06. The molecule has 0 amide bonds. The molecule has 0 spiro atoms. The SMILES string of the molecule is Cc1cccc(CSc2cncc(C(=O)O)n2)c1. The van der Waals surface area contributed by atoms with E-state index in [9.17, 15) is 4.79 Å². The Morgan fingerprint density at radius 2 is 2.22 bits per heavy atom. The summed E-state index contributed by atoms with van der Waals surface area (Å²) >= 11 is 1.48. The lowest BCUT2D eigenvalue weighted by Crippen LogP contribution is -2.01. The van der Waals surface area contributed by atoms with Gasteiger partial charge in [-0.1, -0.05) is 29.8 Å². The second-order valence-corrected chi connectivity index (χ2v) is 4.82. The fourth-order valence-electron chi connectivity index (χ4n) is 1.48. The van der Waals surface area contributed by atoms with Crippen LogP contribution in [0.5, 0.6) is 0 Å². The minimum absolute atomic E-state index is 0.0238. The van der Waals surface area contributed by atoms with Crippen molar-refractivity contribution in [2.45, 2.75) is 17.7 Å². The Hall–Kier alpha value is -1.88. The number of carboxylic acid groups (broad SMARTS) is 1. The van der Waals surface area contributed by atoms with Gasteiger partial charge in [0.25, 0.3) is 0 Å². The molecule has 0 aliphatic heterocycles. The molecule has 2 aromatic rings. The Morgan fingerprint density at radius 1 is 1.39 bits per heavy atom. The molecule has 0 saturated heterocycles. The van der Waals surface area contributed by atoms with E-state index in [4.69, 9.17) is 5.11 Å². The van der Waals surface area contributed by atoms with E-state index in [0.29, 0.717) is 5.03 Å². The minimum atomic E-state index is -1.06. The average Bonchev–Trinajstić information content (AvgIpc) is 2.37. The van der Waals surface area contributed by atoms with E-state index in [1.165, 1.54) is 29.1 Å². The van der Waals surface area contributed by atoms with Crippen molar-refractivity contribution in [3.63, 3.8) is 0 Å². The highest BCUT2D eigenvalue weighted by Crippen LogP contribution is 2.20. The van der Waals surface area contributed by atoms with Crippen molar-refractivity contribution in [1.82, 2.24) is 9.97 Å². The first-order valence-electron chi connectivity index (χ1n) is 5.39. The smallest absolute Gasteiger partial charge is 0.356 e. The molecule has 2 rings (SSSR count). The molecule has 92 valence electrons. The zero-order valence-corrected chi connectivity index (χ0v) is 10.6. The summed E-state index contributed by atoms with van der Waals surface area (Å²) in [5.74, 6) is -0.306. The maximum absolute atomic E-state index is 10.8. The van der Waals surface area contributed by atoms with Gasteiger partial charge in [0.1, 0.15) is 5.03 Å². The number of thioether (sulfide) groups is 1. The summed E-state index contributed by atoms with van der Waals surface area (Å²) < 4.78 is 0. The predicted molar refractivity (Wildman–Crippen MR) is 69.7 cm³/mol. The first kappa shape index (κ1) is 12.6. The van der Waals surface area contributed by atoms with Gasteiger partial charge in [-0.25, -0.2) is 9.78 Å². The number of nitrogens with zero attached hydrogens (tertiary/aromatic N) is 2. The number of carbonyl (C=O) groups is 1. The highest BCUT2D eigenvalue weighted by molar-refractivity contribution is 7.98. The van der Waals surface area contributed by atoms with Crippen LogP contribution >= 0.6 is 11.8 Å². The van der Waals surface area contributed by atoms with Crippen LogP contribution in [0, 0.1) is 6.92 Å². The van der Waals surface area contributed by atoms with Crippen LogP contribution in [0.4, 0.5) is 0 Å². The normalized spacial score (nSPS) is 10.3. The monoisotopic (exact) mass is 260 g/mol. The van der Waals surface area contributed by atoms with Crippen LogP contribution in [0.25, 0.3) is 0 Å². The highest BCUT2D eigenvalue weighted by atomic mass is 32.2. The third-order valence-corrected chi connectivity index (χ3v) is 3.27. The molecule has 0 aliphatic carbocycles. The van der Waals surface area contributed by atoms with Crippen molar-refractivity contribution in [1.29, 1.82) is 0 Å². The van der Waals surface area contributed by atoms with Crippen molar-refractivity contribution in [2.24, 2.45) is 0 Å². The van der Waals surface area contributed by atoms with Crippen molar-refractivity contribution >= 4 is 17.7 Å². The molecule has 0 saturated carbocycles. The van der Waals surface area contributed by atoms with Crippen LogP contribution in [0.15, 0.2) is 41.7 Å². The summed E-state index contributed by atoms with van der Waals surface area (Å²) in [5, 5.41) is 9.44. The molecule has 1 aromatic carbocycles. The van der Waals surface area contributed by atoms with Crippen LogP contribution in [0.3, 0.4) is 0 Å². The molecule has 18 heavy (non-hydrogen) atoms. The Labute approximate surface area is 109 Å². The standard InChI is InChI=1S/C13H12N2O2S/c1-9-3-2-4-10(5-9)8-18-12-7-14-6-11(15-12)13(16)17/h2-7H,8H2,1H3,(H,16,17). The highest BCUT2D eigenvalue weighted by Gasteiger charge is 2.06. The molecule has 0 atom stereocenters. The van der Waals surface area contributed by atoms with Gasteiger partial charge in [0.2, 0.25) is 0 Å². The summed E-state index contributed by atoms with van der Waals surface area (Å²) in [4.78, 5) is 18.6. The van der Waals surface area contributed by atoms with E-state index in [1.807, 2.05) is 25.1 Å². The number of aromatic nitrogens is 2. The molecule has 1 N–H and O–H groups in total. The third kappa shape index (κ3) is 3.30. The van der Waals surface area contributed by atoms with Crippen LogP contribution < -0.4 is 0 Å². The molecule has 0 bridgehead atoms. The summed E-state index contributed by atoms with van der Waals surface area (Å²) in [5.41, 5.74) is 2.37. The van der Waals surface area contributed by atoms with E-state index < -0.39 is 5.97 Å². The fraction of sp³-hybridized carbons (Fsp3) is 0.154. The third-order valence-electron chi connectivity index (χ3n) is 2.30. The summed E-state index contributed by atoms with van der Waals surface area (Å²) in [6, 6.07) is 8.18. The van der Waals surface area contributed by atoms with E-state index >= 15 is 0 Å². The molecule has 0 radical (unpaired) electrons. The molecule has 4 nitrogen and oxygen atoms in total. The van der Waals surface area contributed by atoms with Crippen molar-refractivity contribution < 1.29 is 9.90 Å². The molecular weight excluding hydrogens is 248 g/mol. The lowest BCUT2D eigenvalue weighted by atomic mass is 10.2. The van der Waals surface area contributed by atoms with Gasteiger partial charge < -0.3 is 5.11 Å². The van der Waals surface area contributed by atoms with Crippen LogP contribution in [0.2, 0.25) is 0 Å². The van der Waals surface area contributed by atoms with E-state index in [0.717, 1.165) is 5.75 Å². The molecule has 0 fully saturated rings. The molecular formula is C13H12N2O2S. The average molecular weight is 260 g/mol. The van der Waals surface area contributed by atoms with E-state index in [-0.39, 0.29) is 5.69 Å². The number of benzene rings is 1. The van der Waals surface area contributed by atoms with Gasteiger partial charge in [0, 0.05) is 5.75 Å². The number of aromatic carboxylic acids is 1. The summed E-state index contributed by atoms with van der Waals surface area (Å²) in [7, 11) is 0. The van der Waals surface area contributed by atoms with Gasteiger partial charge >= 0.3 is 5.97 Å². The Bertz CT molecular complexity index is 572. The zero-order chi connectivity index (χ0) is 13.0. The van der Waals surface area contributed by atoms with Crippen LogP contribution in [-0.4, -0.2) is 21.0 Å².